The molecule has 2 heterocycles. The average Bonchev–Trinajstić information content (AvgIpc) is 3.10. The molecule has 0 saturated heterocycles. The molecular weight excluding hydrogens is 686 g/mol. The van der Waals surface area contributed by atoms with Crippen LogP contribution in [0, 0.1) is 0 Å². The van der Waals surface area contributed by atoms with Gasteiger partial charge in [-0.1, -0.05) is 41.9 Å². The second kappa shape index (κ2) is 16.2. The minimum Gasteiger partial charge on any atom is -0.493 e. The van der Waals surface area contributed by atoms with Gasteiger partial charge in [0, 0.05) is 28.6 Å². The molecule has 0 saturated carbocycles. The highest BCUT2D eigenvalue weighted by Crippen LogP contribution is 2.40. The van der Waals surface area contributed by atoms with E-state index in [0.29, 0.717) is 44.9 Å². The van der Waals surface area contributed by atoms with Gasteiger partial charge in [0.2, 0.25) is 0 Å². The van der Waals surface area contributed by atoms with Crippen LogP contribution in [0.5, 0.6) is 28.7 Å². The normalized spacial score (nSPS) is 10.8. The number of anilines is 2. The van der Waals surface area contributed by atoms with E-state index in [4.69, 9.17) is 35.3 Å². The van der Waals surface area contributed by atoms with Crippen molar-refractivity contribution < 1.29 is 36.9 Å². The number of halogens is 5. The quantitative estimate of drug-likeness (QED) is 0.146. The number of benzene rings is 4. The smallest absolute Gasteiger partial charge is 0.420 e. The summed E-state index contributed by atoms with van der Waals surface area (Å²) in [7, 11) is 6.14. The number of hydrogen-bond acceptors (Lipinski definition) is 10. The highest BCUT2D eigenvalue weighted by atomic mass is 35.5. The first-order valence-corrected chi connectivity index (χ1v) is 14.6. The van der Waals surface area contributed by atoms with E-state index in [0.717, 1.165) is 22.5 Å². The summed E-state index contributed by atoms with van der Waals surface area (Å²) in [5.74, 6) is 2.24. The summed E-state index contributed by atoms with van der Waals surface area (Å²) < 4.78 is 67.7. The number of ether oxygens (including phenoxy) is 5. The Labute approximate surface area is 290 Å². The highest BCUT2D eigenvalue weighted by molar-refractivity contribution is 6.34. The zero-order valence-corrected chi connectivity index (χ0v) is 28.1. The van der Waals surface area contributed by atoms with Gasteiger partial charge in [0.25, 0.3) is 0 Å². The van der Waals surface area contributed by atoms with Crippen LogP contribution in [-0.4, -0.2) is 48.4 Å². The molecule has 15 heteroatoms. The number of nitrogens with zero attached hydrogens (tertiary/aromatic N) is 4. The van der Waals surface area contributed by atoms with Crippen LogP contribution in [-0.2, 0) is 12.8 Å². The number of hydrogen-bond donors (Lipinski definition) is 1. The van der Waals surface area contributed by atoms with Gasteiger partial charge in [-0.15, -0.1) is 12.4 Å². The van der Waals surface area contributed by atoms with Crippen molar-refractivity contribution in [2.75, 3.05) is 33.8 Å². The van der Waals surface area contributed by atoms with Gasteiger partial charge in [-0.3, -0.25) is 0 Å². The van der Waals surface area contributed by atoms with Crippen molar-refractivity contribution in [2.24, 2.45) is 0 Å². The number of rotatable bonds is 9. The summed E-state index contributed by atoms with van der Waals surface area (Å²) >= 11 is 5.93. The van der Waals surface area contributed by atoms with Crippen molar-refractivity contribution in [2.45, 2.75) is 12.8 Å². The summed E-state index contributed by atoms with van der Waals surface area (Å²) in [5, 5.41) is 4.66. The predicted octanol–water partition coefficient (Wildman–Crippen LogP) is 8.71. The van der Waals surface area contributed by atoms with Crippen molar-refractivity contribution in [3.63, 3.8) is 0 Å². The molecule has 0 unspecified atom stereocenters. The van der Waals surface area contributed by atoms with Crippen molar-refractivity contribution in [1.29, 1.82) is 0 Å². The van der Waals surface area contributed by atoms with Gasteiger partial charge in [-0.05, 0) is 35.9 Å². The van der Waals surface area contributed by atoms with E-state index in [1.165, 1.54) is 39.0 Å². The highest BCUT2D eigenvalue weighted by Gasteiger charge is 2.35. The van der Waals surface area contributed by atoms with Crippen LogP contribution in [0.3, 0.4) is 0 Å². The molecule has 0 aliphatic heterocycles. The molecule has 2 aromatic heterocycles. The molecule has 0 fully saturated rings. The summed E-state index contributed by atoms with van der Waals surface area (Å²) in [6.45, 7) is 0.0227. The number of aromatic nitrogens is 4. The molecule has 1 N–H and O–H groups in total. The SMILES string of the molecule is COc1cc2ncnc(Cl)c2cc1OC.COc1cc2ncnc(Nc3ccc(OCc4ccccc4)c(C(F)(F)F)c3)c2cc1OC.Cl. The summed E-state index contributed by atoms with van der Waals surface area (Å²) in [4.78, 5) is 16.4. The van der Waals surface area contributed by atoms with Crippen molar-refractivity contribution in [3.05, 3.63) is 102 Å². The molecule has 0 aliphatic rings. The number of nitrogens with one attached hydrogen (secondary N) is 1. The van der Waals surface area contributed by atoms with Crippen LogP contribution in [0.25, 0.3) is 21.8 Å². The molecule has 4 aromatic carbocycles. The molecule has 0 bridgehead atoms. The predicted molar refractivity (Wildman–Crippen MR) is 183 cm³/mol. The molecule has 0 spiro atoms. The fourth-order valence-corrected chi connectivity index (χ4v) is 4.86. The molecule has 256 valence electrons. The molecule has 49 heavy (non-hydrogen) atoms. The first-order chi connectivity index (χ1) is 23.1. The second-order valence-corrected chi connectivity index (χ2v) is 10.3. The largest absolute Gasteiger partial charge is 0.493 e. The average molecular weight is 717 g/mol. The molecule has 0 aliphatic carbocycles. The Kier molecular flexibility index (Phi) is 12.1. The lowest BCUT2D eigenvalue weighted by Crippen LogP contribution is -2.09. The molecule has 0 amide bonds. The van der Waals surface area contributed by atoms with Gasteiger partial charge in [0.15, 0.2) is 23.0 Å². The Morgan fingerprint density at radius 2 is 1.20 bits per heavy atom. The molecule has 10 nitrogen and oxygen atoms in total. The topological polar surface area (TPSA) is 110 Å². The van der Waals surface area contributed by atoms with Gasteiger partial charge in [0.05, 0.1) is 45.0 Å². The minimum atomic E-state index is -4.60. The van der Waals surface area contributed by atoms with Gasteiger partial charge in [0.1, 0.15) is 36.0 Å². The fourth-order valence-electron chi connectivity index (χ4n) is 4.66. The minimum absolute atomic E-state index is 0. The lowest BCUT2D eigenvalue weighted by atomic mass is 10.1. The first-order valence-electron chi connectivity index (χ1n) is 14.2. The zero-order chi connectivity index (χ0) is 34.3. The van der Waals surface area contributed by atoms with Gasteiger partial charge in [-0.2, -0.15) is 13.2 Å². The van der Waals surface area contributed by atoms with Gasteiger partial charge in [-0.25, -0.2) is 19.9 Å². The van der Waals surface area contributed by atoms with Crippen molar-refractivity contribution in [3.8, 4) is 28.7 Å². The molecular formula is C34H30Cl2F3N5O5. The zero-order valence-electron chi connectivity index (χ0n) is 26.5. The Morgan fingerprint density at radius 1 is 0.653 bits per heavy atom. The van der Waals surface area contributed by atoms with E-state index in [1.54, 1.807) is 62.8 Å². The second-order valence-electron chi connectivity index (χ2n) is 9.94. The van der Waals surface area contributed by atoms with E-state index in [9.17, 15) is 13.2 Å². The van der Waals surface area contributed by atoms with E-state index in [2.05, 4.69) is 25.3 Å². The van der Waals surface area contributed by atoms with Crippen LogP contribution < -0.4 is 29.0 Å². The standard InChI is InChI=1S/C24H20F3N3O3.C10H9ClN2O2.ClH/c1-31-21-11-17-19(12-22(21)32-2)28-14-29-23(17)30-16-8-9-20(18(10-16)24(25,26)27)33-13-15-6-4-3-5-7-15;1-14-8-3-6-7(4-9(8)15-2)12-5-13-10(6)11;/h3-12,14H,13H2,1-2H3,(H,28,29,30);3-5H,1-2H3;1H. The molecule has 6 rings (SSSR count). The summed E-state index contributed by atoms with van der Waals surface area (Å²) in [6, 6.07) is 19.6. The third-order valence-electron chi connectivity index (χ3n) is 7.02. The maximum absolute atomic E-state index is 13.8. The third-order valence-corrected chi connectivity index (χ3v) is 7.32. The monoisotopic (exact) mass is 715 g/mol. The van der Waals surface area contributed by atoms with Gasteiger partial charge < -0.3 is 29.0 Å². The Bertz CT molecular complexity index is 2040. The fraction of sp³-hybridized carbons (Fsp3) is 0.176. The summed E-state index contributed by atoms with van der Waals surface area (Å²) in [6.07, 6.45) is -1.87. The maximum Gasteiger partial charge on any atom is 0.420 e. The van der Waals surface area contributed by atoms with Crippen LogP contribution in [0.4, 0.5) is 24.7 Å². The summed E-state index contributed by atoms with van der Waals surface area (Å²) in [5.41, 5.74) is 1.35. The lowest BCUT2D eigenvalue weighted by Gasteiger charge is -2.17. The third kappa shape index (κ3) is 8.61. The lowest BCUT2D eigenvalue weighted by molar-refractivity contribution is -0.139. The van der Waals surface area contributed by atoms with E-state index in [1.807, 2.05) is 6.07 Å². The van der Waals surface area contributed by atoms with E-state index >= 15 is 0 Å². The number of methoxy groups -OCH3 is 4. The van der Waals surface area contributed by atoms with Gasteiger partial charge >= 0.3 is 6.18 Å². The van der Waals surface area contributed by atoms with Crippen molar-refractivity contribution in [1.82, 2.24) is 19.9 Å². The molecule has 0 atom stereocenters. The number of fused-ring (bicyclic) bond motifs is 2. The number of alkyl halides is 3. The van der Waals surface area contributed by atoms with Crippen LogP contribution in [0.2, 0.25) is 5.15 Å². The Hall–Kier alpha value is -5.27. The Morgan fingerprint density at radius 3 is 1.80 bits per heavy atom. The first kappa shape index (κ1) is 36.6. The maximum atomic E-state index is 13.8. The molecule has 6 aromatic rings. The van der Waals surface area contributed by atoms with E-state index in [-0.39, 0.29) is 30.5 Å². The Balaban J connectivity index is 0.000000283. The van der Waals surface area contributed by atoms with E-state index < -0.39 is 11.7 Å². The molecule has 0 radical (unpaired) electrons. The van der Waals surface area contributed by atoms with Crippen LogP contribution in [0.15, 0.2) is 85.5 Å². The van der Waals surface area contributed by atoms with Crippen molar-refractivity contribution >= 4 is 57.3 Å². The van der Waals surface area contributed by atoms with Crippen LogP contribution in [0.1, 0.15) is 11.1 Å². The van der Waals surface area contributed by atoms with Crippen LogP contribution >= 0.6 is 24.0 Å².